The molecule has 1 aliphatic heterocycles. The van der Waals surface area contributed by atoms with Crippen LogP contribution in [0.15, 0.2) is 65.4 Å². The SMILES string of the molecule is Cc1ccc(C(=O)NCCO)cc1C1=C2C=CC(=[N+](C)C)C=C2[Si](C)(C)c2cc(N(C)C)ccc21. The van der Waals surface area contributed by atoms with E-state index in [4.69, 9.17) is 5.11 Å². The van der Waals surface area contributed by atoms with Crippen molar-refractivity contribution in [1.29, 1.82) is 0 Å². The Labute approximate surface area is 209 Å². The van der Waals surface area contributed by atoms with Gasteiger partial charge in [0.1, 0.15) is 22.2 Å². The Hall–Kier alpha value is -3.22. The molecule has 5 nitrogen and oxygen atoms in total. The molecule has 2 aliphatic rings. The topological polar surface area (TPSA) is 55.6 Å². The lowest BCUT2D eigenvalue weighted by Gasteiger charge is -2.38. The van der Waals surface area contributed by atoms with Crippen molar-refractivity contribution in [3.8, 4) is 0 Å². The molecule has 0 spiro atoms. The van der Waals surface area contributed by atoms with Gasteiger partial charge in [0.05, 0.1) is 6.61 Å². The average molecular weight is 487 g/mol. The quantitative estimate of drug-likeness (QED) is 0.504. The second kappa shape index (κ2) is 9.44. The van der Waals surface area contributed by atoms with Crippen LogP contribution in [0.5, 0.6) is 0 Å². The van der Waals surface area contributed by atoms with E-state index in [0.717, 1.165) is 11.1 Å². The summed E-state index contributed by atoms with van der Waals surface area (Å²) in [6.07, 6.45) is 6.81. The molecule has 0 fully saturated rings. The zero-order chi connectivity index (χ0) is 25.5. The molecule has 6 heteroatoms. The largest absolute Gasteiger partial charge is 0.395 e. The van der Waals surface area contributed by atoms with Crippen molar-refractivity contribution in [3.63, 3.8) is 0 Å². The number of allylic oxidation sites excluding steroid dienone is 5. The Morgan fingerprint density at radius 1 is 1.06 bits per heavy atom. The second-order valence-corrected chi connectivity index (χ2v) is 14.6. The minimum atomic E-state index is -2.01. The minimum absolute atomic E-state index is 0.0787. The maximum Gasteiger partial charge on any atom is 0.251 e. The van der Waals surface area contributed by atoms with Crippen molar-refractivity contribution >= 4 is 36.1 Å². The highest BCUT2D eigenvalue weighted by Gasteiger charge is 2.40. The molecule has 2 aromatic rings. The van der Waals surface area contributed by atoms with Crippen molar-refractivity contribution in [2.45, 2.75) is 20.0 Å². The van der Waals surface area contributed by atoms with Gasteiger partial charge in [-0.1, -0.05) is 25.2 Å². The van der Waals surface area contributed by atoms with Crippen LogP contribution >= 0.6 is 0 Å². The molecule has 1 aliphatic carbocycles. The number of carbonyl (C=O) groups is 1. The van der Waals surface area contributed by atoms with E-state index < -0.39 is 8.07 Å². The van der Waals surface area contributed by atoms with Crippen LogP contribution in [0.1, 0.15) is 27.0 Å². The summed E-state index contributed by atoms with van der Waals surface area (Å²) in [5.41, 5.74) is 8.91. The summed E-state index contributed by atoms with van der Waals surface area (Å²) < 4.78 is 2.16. The minimum Gasteiger partial charge on any atom is -0.395 e. The summed E-state index contributed by atoms with van der Waals surface area (Å²) >= 11 is 0. The van der Waals surface area contributed by atoms with Crippen molar-refractivity contribution in [2.75, 3.05) is 46.2 Å². The van der Waals surface area contributed by atoms with E-state index >= 15 is 0 Å². The Morgan fingerprint density at radius 3 is 2.46 bits per heavy atom. The Morgan fingerprint density at radius 2 is 1.80 bits per heavy atom. The number of anilines is 1. The van der Waals surface area contributed by atoms with Crippen LogP contribution in [-0.2, 0) is 0 Å². The Balaban J connectivity index is 2.03. The van der Waals surface area contributed by atoms with Crippen LogP contribution in [0, 0.1) is 6.92 Å². The number of fused-ring (bicyclic) bond motifs is 2. The predicted octanol–water partition coefficient (Wildman–Crippen LogP) is 3.26. The third kappa shape index (κ3) is 4.44. The van der Waals surface area contributed by atoms with Crippen molar-refractivity contribution < 1.29 is 14.5 Å². The molecule has 2 N–H and O–H groups in total. The normalized spacial score (nSPS) is 15.9. The molecular formula is C29H36N3O2Si+. The van der Waals surface area contributed by atoms with Gasteiger partial charge in [0, 0.05) is 44.0 Å². The summed E-state index contributed by atoms with van der Waals surface area (Å²) in [5.74, 6) is -0.169. The fourth-order valence-corrected chi connectivity index (χ4v) is 8.05. The van der Waals surface area contributed by atoms with Gasteiger partial charge in [-0.25, -0.2) is 4.58 Å². The lowest BCUT2D eigenvalue weighted by molar-refractivity contribution is -0.462. The summed E-state index contributed by atoms with van der Waals surface area (Å²) in [6, 6.07) is 12.7. The highest BCUT2D eigenvalue weighted by molar-refractivity contribution is 6.98. The van der Waals surface area contributed by atoms with Crippen molar-refractivity contribution in [3.05, 3.63) is 87.6 Å². The molecular weight excluding hydrogens is 450 g/mol. The van der Waals surface area contributed by atoms with Crippen LogP contribution in [-0.4, -0.2) is 70.7 Å². The Kier molecular flexibility index (Phi) is 6.71. The summed E-state index contributed by atoms with van der Waals surface area (Å²) in [5, 5.41) is 14.7. The standard InChI is InChI=1S/C29H35N3O2Si/c1-19-8-9-20(29(34)30-14-15-33)16-25(19)28-23-12-10-21(31(2)3)17-26(23)35(6,7)27-18-22(32(4)5)11-13-24(27)28/h8-13,16-18,33H,14-15H2,1-7H3/p+1. The number of amides is 1. The predicted molar refractivity (Wildman–Crippen MR) is 149 cm³/mol. The number of rotatable bonds is 5. The van der Waals surface area contributed by atoms with Gasteiger partial charge in [-0.3, -0.25) is 4.79 Å². The molecule has 2 aromatic carbocycles. The van der Waals surface area contributed by atoms with Crippen LogP contribution < -0.4 is 15.4 Å². The molecule has 0 atom stereocenters. The second-order valence-electron chi connectivity index (χ2n) is 10.3. The molecule has 0 bridgehead atoms. The number of carbonyl (C=O) groups excluding carboxylic acids is 1. The number of aryl methyl sites for hydroxylation is 1. The summed E-state index contributed by atoms with van der Waals surface area (Å²) in [7, 11) is 6.32. The van der Waals surface area contributed by atoms with Gasteiger partial charge >= 0.3 is 0 Å². The summed E-state index contributed by atoms with van der Waals surface area (Å²) in [4.78, 5) is 14.9. The van der Waals surface area contributed by atoms with Crippen molar-refractivity contribution in [1.82, 2.24) is 5.32 Å². The van der Waals surface area contributed by atoms with Crippen LogP contribution in [0.25, 0.3) is 5.57 Å². The van der Waals surface area contributed by atoms with E-state index in [9.17, 15) is 4.79 Å². The van der Waals surface area contributed by atoms with Gasteiger partial charge < -0.3 is 15.3 Å². The monoisotopic (exact) mass is 486 g/mol. The molecule has 1 amide bonds. The van der Waals surface area contributed by atoms with Gasteiger partial charge in [-0.2, -0.15) is 0 Å². The molecule has 0 saturated carbocycles. The smallest absolute Gasteiger partial charge is 0.251 e. The van der Waals surface area contributed by atoms with Gasteiger partial charge in [0.2, 0.25) is 0 Å². The Bertz CT molecular complexity index is 1330. The number of nitrogens with one attached hydrogen (secondary N) is 1. The van der Waals surface area contributed by atoms with Gasteiger partial charge in [-0.15, -0.1) is 0 Å². The van der Waals surface area contributed by atoms with E-state index in [-0.39, 0.29) is 19.1 Å². The fraction of sp³-hybridized carbons (Fsp3) is 0.310. The number of benzene rings is 2. The van der Waals surface area contributed by atoms with Gasteiger partial charge in [0.15, 0.2) is 5.71 Å². The van der Waals surface area contributed by atoms with E-state index in [0.29, 0.717) is 5.56 Å². The first-order valence-corrected chi connectivity index (χ1v) is 15.1. The van der Waals surface area contributed by atoms with E-state index in [1.807, 2.05) is 18.2 Å². The molecule has 1 heterocycles. The molecule has 0 unspecified atom stereocenters. The molecule has 0 aromatic heterocycles. The lowest BCUT2D eigenvalue weighted by Crippen LogP contribution is -2.49. The van der Waals surface area contributed by atoms with Crippen LogP contribution in [0.2, 0.25) is 13.1 Å². The first kappa shape index (κ1) is 24.9. The van der Waals surface area contributed by atoms with E-state index in [2.05, 4.69) is 99.4 Å². The number of nitrogens with zero attached hydrogens (tertiary/aromatic N) is 2. The maximum atomic E-state index is 12.7. The van der Waals surface area contributed by atoms with E-state index in [1.54, 1.807) is 0 Å². The third-order valence-corrected chi connectivity index (χ3v) is 10.6. The van der Waals surface area contributed by atoms with E-state index in [1.165, 1.54) is 38.5 Å². The molecule has 35 heavy (non-hydrogen) atoms. The number of hydrogen-bond acceptors (Lipinski definition) is 3. The number of hydrogen-bond donors (Lipinski definition) is 2. The van der Waals surface area contributed by atoms with Crippen LogP contribution in [0.3, 0.4) is 0 Å². The zero-order valence-corrected chi connectivity index (χ0v) is 22.9. The average Bonchev–Trinajstić information content (AvgIpc) is 2.83. The molecule has 182 valence electrons. The van der Waals surface area contributed by atoms with Crippen molar-refractivity contribution in [2.24, 2.45) is 0 Å². The van der Waals surface area contributed by atoms with Gasteiger partial charge in [0.25, 0.3) is 5.91 Å². The highest BCUT2D eigenvalue weighted by Crippen LogP contribution is 2.42. The summed E-state index contributed by atoms with van der Waals surface area (Å²) in [6.45, 7) is 7.14. The maximum absolute atomic E-state index is 12.7. The fourth-order valence-electron chi connectivity index (χ4n) is 4.98. The third-order valence-electron chi connectivity index (χ3n) is 7.09. The zero-order valence-electron chi connectivity index (χ0n) is 21.9. The highest BCUT2D eigenvalue weighted by atomic mass is 28.3. The number of aliphatic hydroxyl groups excluding tert-OH is 1. The van der Waals surface area contributed by atoms with Crippen LogP contribution in [0.4, 0.5) is 5.69 Å². The molecule has 0 saturated heterocycles. The molecule has 4 rings (SSSR count). The molecule has 0 radical (unpaired) electrons. The lowest BCUT2D eigenvalue weighted by atomic mass is 9.86. The first-order chi connectivity index (χ1) is 16.6. The first-order valence-electron chi connectivity index (χ1n) is 12.1. The number of aliphatic hydroxyl groups is 1. The van der Waals surface area contributed by atoms with Gasteiger partial charge in [-0.05, 0) is 75.5 Å².